The molecule has 11 heteroatoms. The van der Waals surface area contributed by atoms with Crippen molar-refractivity contribution in [2.24, 2.45) is 0 Å². The highest BCUT2D eigenvalue weighted by atomic mass is 35.5. The number of rotatable bonds is 7. The second-order valence-corrected chi connectivity index (χ2v) is 12.5. The van der Waals surface area contributed by atoms with Gasteiger partial charge in [-0.15, -0.1) is 0 Å². The Bertz CT molecular complexity index is 1410. The SMILES string of the molecule is CN1CCCC1COc1nc2c(c(N3CCN(C(=O)C=CF)C(CC#N)C3)n1)CCC(N1CCCc3ccc(Cl)cc31)C2. The quantitative estimate of drug-likeness (QED) is 0.430. The number of aromatic nitrogens is 2. The van der Waals surface area contributed by atoms with E-state index < -0.39 is 5.91 Å². The van der Waals surface area contributed by atoms with Gasteiger partial charge in [0.15, 0.2) is 0 Å². The first-order valence-corrected chi connectivity index (χ1v) is 15.8. The first-order chi connectivity index (χ1) is 20.9. The van der Waals surface area contributed by atoms with Crippen LogP contribution in [0.5, 0.6) is 6.01 Å². The Labute approximate surface area is 257 Å². The zero-order valence-electron chi connectivity index (χ0n) is 24.7. The van der Waals surface area contributed by atoms with E-state index in [0.717, 1.165) is 86.2 Å². The molecule has 43 heavy (non-hydrogen) atoms. The Morgan fingerprint density at radius 1 is 1.16 bits per heavy atom. The number of likely N-dealkylation sites (tertiary alicyclic amines) is 1. The van der Waals surface area contributed by atoms with Crippen molar-refractivity contribution in [3.05, 3.63) is 52.4 Å². The molecule has 0 N–H and O–H groups in total. The van der Waals surface area contributed by atoms with Gasteiger partial charge in [0.2, 0.25) is 5.91 Å². The highest BCUT2D eigenvalue weighted by Gasteiger charge is 2.35. The number of ether oxygens (including phenoxy) is 1. The number of nitrogens with zero attached hydrogens (tertiary/aromatic N) is 7. The molecule has 0 spiro atoms. The number of nitriles is 1. The third-order valence-electron chi connectivity index (χ3n) is 9.52. The van der Waals surface area contributed by atoms with Crippen LogP contribution in [0.1, 0.15) is 48.9 Å². The van der Waals surface area contributed by atoms with E-state index in [9.17, 15) is 14.4 Å². The number of hydrogen-bond donors (Lipinski definition) is 0. The maximum absolute atomic E-state index is 12.8. The monoisotopic (exact) mass is 607 g/mol. The molecule has 0 saturated carbocycles. The second-order valence-electron chi connectivity index (χ2n) is 12.1. The number of halogens is 2. The molecule has 0 radical (unpaired) electrons. The van der Waals surface area contributed by atoms with Crippen LogP contribution in [-0.2, 0) is 24.1 Å². The molecule has 3 unspecified atom stereocenters. The molecule has 4 aliphatic rings. The molecule has 1 amide bonds. The molecule has 0 bridgehead atoms. The summed E-state index contributed by atoms with van der Waals surface area (Å²) in [6.07, 6.45) is 8.31. The summed E-state index contributed by atoms with van der Waals surface area (Å²) >= 11 is 6.43. The van der Waals surface area contributed by atoms with Crippen molar-refractivity contribution in [3.63, 3.8) is 0 Å². The number of carbonyl (C=O) groups excluding carboxylic acids is 1. The summed E-state index contributed by atoms with van der Waals surface area (Å²) in [7, 11) is 2.13. The summed E-state index contributed by atoms with van der Waals surface area (Å²) in [6.45, 7) is 3.94. The fourth-order valence-electron chi connectivity index (χ4n) is 7.23. The molecule has 2 saturated heterocycles. The highest BCUT2D eigenvalue weighted by Crippen LogP contribution is 2.38. The zero-order chi connectivity index (χ0) is 29.9. The molecule has 2 aromatic rings. The lowest BCUT2D eigenvalue weighted by atomic mass is 9.88. The maximum Gasteiger partial charge on any atom is 0.318 e. The minimum absolute atomic E-state index is 0.159. The lowest BCUT2D eigenvalue weighted by Gasteiger charge is -2.43. The number of amides is 1. The smallest absolute Gasteiger partial charge is 0.318 e. The molecule has 9 nitrogen and oxygen atoms in total. The summed E-state index contributed by atoms with van der Waals surface area (Å²) in [5.74, 6) is 0.415. The molecule has 1 aromatic heterocycles. The van der Waals surface area contributed by atoms with Gasteiger partial charge in [-0.3, -0.25) is 4.79 Å². The van der Waals surface area contributed by atoms with E-state index in [1.807, 2.05) is 6.07 Å². The van der Waals surface area contributed by atoms with Crippen LogP contribution in [-0.4, -0.2) is 90.2 Å². The molecular formula is C32H39ClFN7O2. The van der Waals surface area contributed by atoms with Crippen LogP contribution in [0.25, 0.3) is 0 Å². The first kappa shape index (κ1) is 29.6. The predicted molar refractivity (Wildman–Crippen MR) is 164 cm³/mol. The van der Waals surface area contributed by atoms with Gasteiger partial charge in [0.1, 0.15) is 12.4 Å². The summed E-state index contributed by atoms with van der Waals surface area (Å²) in [4.78, 5) is 31.1. The summed E-state index contributed by atoms with van der Waals surface area (Å²) < 4.78 is 19.1. The van der Waals surface area contributed by atoms with Crippen LogP contribution in [0.4, 0.5) is 15.9 Å². The molecule has 228 valence electrons. The van der Waals surface area contributed by atoms with E-state index in [0.29, 0.717) is 38.3 Å². The van der Waals surface area contributed by atoms with Crippen LogP contribution in [0.15, 0.2) is 30.6 Å². The lowest BCUT2D eigenvalue weighted by Crippen LogP contribution is -2.55. The third-order valence-corrected chi connectivity index (χ3v) is 9.76. The Morgan fingerprint density at radius 3 is 2.84 bits per heavy atom. The van der Waals surface area contributed by atoms with Crippen molar-refractivity contribution in [2.45, 2.75) is 69.5 Å². The zero-order valence-corrected chi connectivity index (χ0v) is 25.5. The average molecular weight is 608 g/mol. The number of piperazine rings is 1. The van der Waals surface area contributed by atoms with Gasteiger partial charge in [0, 0.05) is 67.0 Å². The van der Waals surface area contributed by atoms with Crippen LogP contribution in [0.3, 0.4) is 0 Å². The van der Waals surface area contributed by atoms with Crippen molar-refractivity contribution in [1.82, 2.24) is 19.8 Å². The molecule has 3 atom stereocenters. The molecule has 6 rings (SSSR count). The summed E-state index contributed by atoms with van der Waals surface area (Å²) in [6, 6.07) is 9.07. The Hall–Kier alpha value is -3.42. The van der Waals surface area contributed by atoms with Crippen LogP contribution < -0.4 is 14.5 Å². The molecule has 2 fully saturated rings. The topological polar surface area (TPSA) is 88.8 Å². The minimum atomic E-state index is -0.415. The fraction of sp³-hybridized carbons (Fsp3) is 0.562. The van der Waals surface area contributed by atoms with Gasteiger partial charge >= 0.3 is 6.01 Å². The fourth-order valence-corrected chi connectivity index (χ4v) is 7.40. The predicted octanol–water partition coefficient (Wildman–Crippen LogP) is 4.33. The number of benzene rings is 1. The van der Waals surface area contributed by atoms with E-state index >= 15 is 0 Å². The van der Waals surface area contributed by atoms with Crippen molar-refractivity contribution in [2.75, 3.05) is 56.2 Å². The lowest BCUT2D eigenvalue weighted by molar-refractivity contribution is -0.128. The van der Waals surface area contributed by atoms with E-state index in [4.69, 9.17) is 26.3 Å². The van der Waals surface area contributed by atoms with Crippen LogP contribution in [0.2, 0.25) is 5.02 Å². The van der Waals surface area contributed by atoms with Crippen molar-refractivity contribution < 1.29 is 13.9 Å². The highest BCUT2D eigenvalue weighted by molar-refractivity contribution is 6.30. The minimum Gasteiger partial charge on any atom is -0.462 e. The molecular weight excluding hydrogens is 569 g/mol. The van der Waals surface area contributed by atoms with Crippen molar-refractivity contribution >= 4 is 29.0 Å². The second kappa shape index (κ2) is 13.1. The molecule has 1 aromatic carbocycles. The maximum atomic E-state index is 12.8. The number of fused-ring (bicyclic) bond motifs is 2. The average Bonchev–Trinajstić information content (AvgIpc) is 3.43. The van der Waals surface area contributed by atoms with Gasteiger partial charge in [0.25, 0.3) is 0 Å². The van der Waals surface area contributed by atoms with E-state index in [1.54, 1.807) is 4.90 Å². The van der Waals surface area contributed by atoms with Gasteiger partial charge in [0.05, 0.1) is 30.6 Å². The van der Waals surface area contributed by atoms with Crippen LogP contribution in [0, 0.1) is 11.3 Å². The largest absolute Gasteiger partial charge is 0.462 e. The van der Waals surface area contributed by atoms with Gasteiger partial charge in [-0.25, -0.2) is 4.39 Å². The van der Waals surface area contributed by atoms with Crippen LogP contribution >= 0.6 is 11.6 Å². The number of aryl methyl sites for hydroxylation is 1. The van der Waals surface area contributed by atoms with Crippen molar-refractivity contribution in [3.8, 4) is 12.1 Å². The third kappa shape index (κ3) is 6.29. The number of carbonyl (C=O) groups is 1. The van der Waals surface area contributed by atoms with E-state index in [2.05, 4.69) is 39.9 Å². The Kier molecular flexibility index (Phi) is 9.01. The number of hydrogen-bond acceptors (Lipinski definition) is 8. The summed E-state index contributed by atoms with van der Waals surface area (Å²) in [5, 5.41) is 10.3. The first-order valence-electron chi connectivity index (χ1n) is 15.4. The van der Waals surface area contributed by atoms with Gasteiger partial charge < -0.3 is 24.3 Å². The van der Waals surface area contributed by atoms with E-state index in [1.165, 1.54) is 11.3 Å². The number of anilines is 2. The van der Waals surface area contributed by atoms with Crippen molar-refractivity contribution in [1.29, 1.82) is 5.26 Å². The Balaban J connectivity index is 1.30. The standard InChI is InChI=1S/C32H39ClFN7O2/c1-38-14-3-5-26(38)21-43-32-36-28-19-24(40-15-2-4-22-6-7-23(33)18-29(22)40)8-9-27(28)31(37-32)39-16-17-41(30(42)10-12-34)25(20-39)11-13-35/h6-7,10,12,18,24-26H,2-5,8-9,11,14-17,19-21H2,1H3. The van der Waals surface area contributed by atoms with Gasteiger partial charge in [-0.1, -0.05) is 17.7 Å². The van der Waals surface area contributed by atoms with E-state index in [-0.39, 0.29) is 24.8 Å². The van der Waals surface area contributed by atoms with Gasteiger partial charge in [-0.05, 0) is 69.8 Å². The molecule has 1 aliphatic carbocycles. The molecule has 3 aliphatic heterocycles. The molecule has 4 heterocycles. The normalized spacial score (nSPS) is 24.1. The number of likely N-dealkylation sites (N-methyl/N-ethyl adjacent to an activating group) is 1. The van der Waals surface area contributed by atoms with Gasteiger partial charge in [-0.2, -0.15) is 15.2 Å². The Morgan fingerprint density at radius 2 is 2.05 bits per heavy atom. The summed E-state index contributed by atoms with van der Waals surface area (Å²) in [5.41, 5.74) is 4.68.